The fraction of sp³-hybridized carbons (Fsp3) is 0.700. The first-order chi connectivity index (χ1) is 13.5. The van der Waals surface area contributed by atoms with E-state index in [1.807, 2.05) is 6.92 Å². The van der Waals surface area contributed by atoms with Gasteiger partial charge in [-0.15, -0.1) is 0 Å². The lowest BCUT2D eigenvalue weighted by Crippen LogP contribution is -2.58. The number of aromatic nitrogens is 2. The van der Waals surface area contributed by atoms with Gasteiger partial charge in [0.1, 0.15) is 11.4 Å². The Balaban J connectivity index is 1.57. The smallest absolute Gasteiger partial charge is 0.343 e. The van der Waals surface area contributed by atoms with Crippen molar-refractivity contribution in [1.29, 1.82) is 0 Å². The molecular weight excluding hydrogens is 382 g/mol. The van der Waals surface area contributed by atoms with Crippen molar-refractivity contribution in [2.45, 2.75) is 52.0 Å². The van der Waals surface area contributed by atoms with Crippen molar-refractivity contribution in [2.24, 2.45) is 23.2 Å². The number of hydrogen-bond donors (Lipinski definition) is 1. The fourth-order valence-corrected chi connectivity index (χ4v) is 5.91. The summed E-state index contributed by atoms with van der Waals surface area (Å²) in [6.45, 7) is 4.32. The van der Waals surface area contributed by atoms with Crippen molar-refractivity contribution in [3.05, 3.63) is 17.0 Å². The van der Waals surface area contributed by atoms with E-state index in [0.717, 1.165) is 32.1 Å². The minimum atomic E-state index is -0.464. The standard InChI is InChI=1S/C20H26ClN3O4/c1-3-27-17(25)14-10-22-19(21)24-16(14)23-15-12-5-11-6-13(15)9-20(7-11,8-12)18(26)28-4-2/h10-13,15H,3-9H2,1-2H3,(H,22,23,24). The highest BCUT2D eigenvalue weighted by Gasteiger charge is 2.59. The zero-order valence-corrected chi connectivity index (χ0v) is 17.0. The molecule has 2 atom stereocenters. The van der Waals surface area contributed by atoms with Gasteiger partial charge in [-0.2, -0.15) is 4.98 Å². The second kappa shape index (κ2) is 7.50. The second-order valence-electron chi connectivity index (χ2n) is 8.26. The van der Waals surface area contributed by atoms with Crippen molar-refractivity contribution in [3.8, 4) is 0 Å². The highest BCUT2D eigenvalue weighted by molar-refractivity contribution is 6.28. The highest BCUT2D eigenvalue weighted by atomic mass is 35.5. The van der Waals surface area contributed by atoms with Gasteiger partial charge in [0.2, 0.25) is 5.28 Å². The maximum absolute atomic E-state index is 12.7. The second-order valence-corrected chi connectivity index (χ2v) is 8.60. The van der Waals surface area contributed by atoms with Crippen molar-refractivity contribution in [1.82, 2.24) is 9.97 Å². The first kappa shape index (κ1) is 19.4. The Morgan fingerprint density at radius 1 is 1.18 bits per heavy atom. The molecule has 8 heteroatoms. The van der Waals surface area contributed by atoms with Crippen molar-refractivity contribution >= 4 is 29.4 Å². The van der Waals surface area contributed by atoms with E-state index in [0.29, 0.717) is 35.7 Å². The molecule has 4 aliphatic rings. The molecule has 0 amide bonds. The van der Waals surface area contributed by atoms with Crippen molar-refractivity contribution < 1.29 is 19.1 Å². The molecule has 0 aromatic carbocycles. The average molecular weight is 408 g/mol. The molecule has 4 fully saturated rings. The molecule has 152 valence electrons. The van der Waals surface area contributed by atoms with E-state index in [-0.39, 0.29) is 29.3 Å². The molecule has 4 aliphatic carbocycles. The van der Waals surface area contributed by atoms with E-state index >= 15 is 0 Å². The molecule has 4 bridgehead atoms. The number of carbonyl (C=O) groups excluding carboxylic acids is 2. The summed E-state index contributed by atoms with van der Waals surface area (Å²) in [6.07, 6.45) is 6.17. The highest BCUT2D eigenvalue weighted by Crippen LogP contribution is 2.61. The van der Waals surface area contributed by atoms with E-state index in [1.54, 1.807) is 6.92 Å². The van der Waals surface area contributed by atoms with Crippen LogP contribution in [0.5, 0.6) is 0 Å². The monoisotopic (exact) mass is 407 g/mol. The lowest BCUT2D eigenvalue weighted by atomic mass is 9.48. The van der Waals surface area contributed by atoms with E-state index in [2.05, 4.69) is 15.3 Å². The molecule has 0 saturated heterocycles. The Hall–Kier alpha value is -1.89. The quantitative estimate of drug-likeness (QED) is 0.570. The van der Waals surface area contributed by atoms with Gasteiger partial charge in [-0.3, -0.25) is 4.79 Å². The van der Waals surface area contributed by atoms with Crippen molar-refractivity contribution in [3.63, 3.8) is 0 Å². The van der Waals surface area contributed by atoms with Crippen LogP contribution in [0.1, 0.15) is 56.3 Å². The van der Waals surface area contributed by atoms with Crippen LogP contribution in [0.15, 0.2) is 6.20 Å². The third-order valence-electron chi connectivity index (χ3n) is 6.54. The van der Waals surface area contributed by atoms with Crippen LogP contribution in [0, 0.1) is 23.2 Å². The third-order valence-corrected chi connectivity index (χ3v) is 6.72. The SMILES string of the molecule is CCOC(=O)c1cnc(Cl)nc1NC1C2CC3CC1CC(C(=O)OCC)(C3)C2. The summed E-state index contributed by atoms with van der Waals surface area (Å²) < 4.78 is 10.5. The molecule has 7 nitrogen and oxygen atoms in total. The number of esters is 2. The lowest BCUT2D eigenvalue weighted by Gasteiger charge is -2.58. The molecule has 0 spiro atoms. The van der Waals surface area contributed by atoms with Crippen LogP contribution in [-0.4, -0.2) is 41.2 Å². The summed E-state index contributed by atoms with van der Waals surface area (Å²) in [6, 6.07) is 0.151. The maximum Gasteiger partial charge on any atom is 0.343 e. The number of rotatable bonds is 6. The number of ether oxygens (including phenoxy) is 2. The molecule has 0 radical (unpaired) electrons. The van der Waals surface area contributed by atoms with Crippen LogP contribution in [0.4, 0.5) is 5.82 Å². The van der Waals surface area contributed by atoms with Gasteiger partial charge in [0.05, 0.1) is 18.6 Å². The molecule has 1 heterocycles. The predicted octanol–water partition coefficient (Wildman–Crippen LogP) is 3.48. The number of carbonyl (C=O) groups is 2. The predicted molar refractivity (Wildman–Crippen MR) is 103 cm³/mol. The molecule has 1 aromatic heterocycles. The first-order valence-electron chi connectivity index (χ1n) is 10.1. The van der Waals surface area contributed by atoms with Gasteiger partial charge in [-0.1, -0.05) is 0 Å². The zero-order valence-electron chi connectivity index (χ0n) is 16.2. The van der Waals surface area contributed by atoms with Gasteiger partial charge >= 0.3 is 11.9 Å². The Morgan fingerprint density at radius 2 is 1.86 bits per heavy atom. The normalized spacial score (nSPS) is 32.8. The third kappa shape index (κ3) is 3.34. The van der Waals surface area contributed by atoms with Gasteiger partial charge in [0.15, 0.2) is 0 Å². The minimum Gasteiger partial charge on any atom is -0.466 e. The van der Waals surface area contributed by atoms with E-state index in [4.69, 9.17) is 21.1 Å². The van der Waals surface area contributed by atoms with Gasteiger partial charge in [0.25, 0.3) is 0 Å². The molecule has 1 N–H and O–H groups in total. The lowest BCUT2D eigenvalue weighted by molar-refractivity contribution is -0.171. The number of hydrogen-bond acceptors (Lipinski definition) is 7. The topological polar surface area (TPSA) is 90.4 Å². The van der Waals surface area contributed by atoms with E-state index < -0.39 is 5.97 Å². The van der Waals surface area contributed by atoms with Gasteiger partial charge in [-0.25, -0.2) is 9.78 Å². The Bertz CT molecular complexity index is 771. The molecule has 28 heavy (non-hydrogen) atoms. The van der Waals surface area contributed by atoms with Gasteiger partial charge < -0.3 is 14.8 Å². The Kier molecular flexibility index (Phi) is 5.21. The summed E-state index contributed by atoms with van der Waals surface area (Å²) in [7, 11) is 0. The molecule has 2 unspecified atom stereocenters. The number of anilines is 1. The molecular formula is C20H26ClN3O4. The van der Waals surface area contributed by atoms with E-state index in [9.17, 15) is 9.59 Å². The van der Waals surface area contributed by atoms with Crippen LogP contribution in [0.2, 0.25) is 5.28 Å². The van der Waals surface area contributed by atoms with Crippen LogP contribution in [-0.2, 0) is 14.3 Å². The van der Waals surface area contributed by atoms with E-state index in [1.165, 1.54) is 6.20 Å². The maximum atomic E-state index is 12.7. The Morgan fingerprint density at radius 3 is 2.50 bits per heavy atom. The van der Waals surface area contributed by atoms with Crippen LogP contribution < -0.4 is 5.32 Å². The zero-order chi connectivity index (χ0) is 19.9. The van der Waals surface area contributed by atoms with Crippen LogP contribution in [0.3, 0.4) is 0 Å². The van der Waals surface area contributed by atoms with Gasteiger partial charge in [-0.05, 0) is 75.3 Å². The molecule has 1 aromatic rings. The fourth-order valence-electron chi connectivity index (χ4n) is 5.78. The minimum absolute atomic E-state index is 0.0369. The summed E-state index contributed by atoms with van der Waals surface area (Å²) in [4.78, 5) is 33.2. The molecule has 5 rings (SSSR count). The Labute approximate surface area is 169 Å². The summed E-state index contributed by atoms with van der Waals surface area (Å²) in [5, 5.41) is 3.56. The summed E-state index contributed by atoms with van der Waals surface area (Å²) >= 11 is 5.99. The number of nitrogens with zero attached hydrogens (tertiary/aromatic N) is 2. The first-order valence-corrected chi connectivity index (χ1v) is 10.5. The number of halogens is 1. The van der Waals surface area contributed by atoms with Crippen LogP contribution in [0.25, 0.3) is 0 Å². The van der Waals surface area contributed by atoms with Crippen molar-refractivity contribution in [2.75, 3.05) is 18.5 Å². The van der Waals surface area contributed by atoms with Gasteiger partial charge in [0, 0.05) is 12.2 Å². The number of nitrogens with one attached hydrogen (secondary N) is 1. The summed E-state index contributed by atoms with van der Waals surface area (Å²) in [5.41, 5.74) is -0.0435. The molecule has 4 saturated carbocycles. The average Bonchev–Trinajstić information content (AvgIpc) is 2.64. The molecule has 0 aliphatic heterocycles. The van der Waals surface area contributed by atoms with Crippen LogP contribution >= 0.6 is 11.6 Å². The summed E-state index contributed by atoms with van der Waals surface area (Å²) in [5.74, 6) is 1.18. The largest absolute Gasteiger partial charge is 0.466 e.